The van der Waals surface area contributed by atoms with Crippen molar-refractivity contribution < 1.29 is 0 Å². The third-order valence-electron chi connectivity index (χ3n) is 2.27. The zero-order valence-electron chi connectivity index (χ0n) is 9.07. The van der Waals surface area contributed by atoms with Crippen LogP contribution in [-0.4, -0.2) is 14.5 Å². The van der Waals surface area contributed by atoms with Crippen LogP contribution < -0.4 is 0 Å². The van der Waals surface area contributed by atoms with Crippen molar-refractivity contribution in [1.82, 2.24) is 14.5 Å². The summed E-state index contributed by atoms with van der Waals surface area (Å²) in [5.41, 5.74) is 2.00. The molecule has 0 saturated heterocycles. The highest BCUT2D eigenvalue weighted by molar-refractivity contribution is 5.71. The van der Waals surface area contributed by atoms with Gasteiger partial charge in [0, 0.05) is 11.7 Å². The molecule has 2 rings (SSSR count). The van der Waals surface area contributed by atoms with Crippen LogP contribution in [0.5, 0.6) is 0 Å². The van der Waals surface area contributed by atoms with Gasteiger partial charge in [-0.15, -0.1) is 0 Å². The minimum absolute atomic E-state index is 0.0574. The number of aromatic nitrogens is 3. The molecule has 74 valence electrons. The molecule has 0 bridgehead atoms. The van der Waals surface area contributed by atoms with Crippen molar-refractivity contribution in [3.8, 4) is 0 Å². The fourth-order valence-electron chi connectivity index (χ4n) is 1.87. The fourth-order valence-corrected chi connectivity index (χ4v) is 1.87. The molecule has 0 N–H and O–H groups in total. The Morgan fingerprint density at radius 1 is 1.29 bits per heavy atom. The van der Waals surface area contributed by atoms with Crippen molar-refractivity contribution in [1.29, 1.82) is 0 Å². The molecule has 0 radical (unpaired) electrons. The molecule has 0 spiro atoms. The summed E-state index contributed by atoms with van der Waals surface area (Å²) in [5.74, 6) is 1.02. The Kier molecular flexibility index (Phi) is 1.84. The molecule has 0 unspecified atom stereocenters. The van der Waals surface area contributed by atoms with Crippen molar-refractivity contribution in [2.24, 2.45) is 0 Å². The molecule has 0 saturated carbocycles. The number of nitrogens with zero attached hydrogens (tertiary/aromatic N) is 3. The van der Waals surface area contributed by atoms with E-state index in [0.29, 0.717) is 0 Å². The van der Waals surface area contributed by atoms with Gasteiger partial charge in [-0.05, 0) is 39.8 Å². The normalized spacial score (nSPS) is 12.3. The van der Waals surface area contributed by atoms with Crippen LogP contribution in [0.4, 0.5) is 0 Å². The second kappa shape index (κ2) is 2.80. The summed E-state index contributed by atoms with van der Waals surface area (Å²) in [6, 6.07) is 4.01. The molecule has 0 aliphatic heterocycles. The van der Waals surface area contributed by atoms with Gasteiger partial charge in [-0.1, -0.05) is 0 Å². The molecule has 14 heavy (non-hydrogen) atoms. The molecule has 0 fully saturated rings. The molecule has 0 amide bonds. The first kappa shape index (κ1) is 9.19. The zero-order chi connectivity index (χ0) is 10.3. The second-order valence-corrected chi connectivity index (χ2v) is 4.51. The van der Waals surface area contributed by atoms with Crippen LogP contribution in [0.2, 0.25) is 0 Å². The number of imidazole rings is 1. The van der Waals surface area contributed by atoms with Crippen LogP contribution in [0.3, 0.4) is 0 Å². The average molecular weight is 189 g/mol. The molecular weight excluding hydrogens is 174 g/mol. The minimum Gasteiger partial charge on any atom is -0.321 e. The van der Waals surface area contributed by atoms with E-state index in [0.717, 1.165) is 17.0 Å². The largest absolute Gasteiger partial charge is 0.321 e. The van der Waals surface area contributed by atoms with Gasteiger partial charge in [0.2, 0.25) is 0 Å². The second-order valence-electron chi connectivity index (χ2n) is 4.51. The van der Waals surface area contributed by atoms with Crippen molar-refractivity contribution >= 4 is 11.2 Å². The van der Waals surface area contributed by atoms with Crippen LogP contribution in [0, 0.1) is 6.92 Å². The number of aryl methyl sites for hydroxylation is 1. The maximum Gasteiger partial charge on any atom is 0.177 e. The first-order valence-electron chi connectivity index (χ1n) is 4.81. The van der Waals surface area contributed by atoms with E-state index >= 15 is 0 Å². The highest BCUT2D eigenvalue weighted by Crippen LogP contribution is 2.22. The van der Waals surface area contributed by atoms with E-state index < -0.39 is 0 Å². The summed E-state index contributed by atoms with van der Waals surface area (Å²) in [7, 11) is 0. The lowest BCUT2D eigenvalue weighted by molar-refractivity contribution is 0.399. The topological polar surface area (TPSA) is 30.7 Å². The van der Waals surface area contributed by atoms with Crippen LogP contribution in [0.1, 0.15) is 26.6 Å². The van der Waals surface area contributed by atoms with Crippen molar-refractivity contribution in [2.45, 2.75) is 33.2 Å². The van der Waals surface area contributed by atoms with E-state index in [1.807, 2.05) is 13.0 Å². The maximum atomic E-state index is 4.43. The molecule has 2 heterocycles. The maximum absolute atomic E-state index is 4.43. The monoisotopic (exact) mass is 189 g/mol. The van der Waals surface area contributed by atoms with Crippen molar-refractivity contribution in [3.63, 3.8) is 0 Å². The quantitative estimate of drug-likeness (QED) is 0.637. The number of rotatable bonds is 0. The number of fused-ring (bicyclic) bond motifs is 1. The van der Waals surface area contributed by atoms with Gasteiger partial charge in [-0.3, -0.25) is 0 Å². The number of pyridine rings is 1. The zero-order valence-corrected chi connectivity index (χ0v) is 9.07. The fraction of sp³-hybridized carbons (Fsp3) is 0.455. The molecule has 3 nitrogen and oxygen atoms in total. The SMILES string of the molecule is Cc1nc2ncccc2n1C(C)(C)C. The van der Waals surface area contributed by atoms with Gasteiger partial charge in [0.05, 0.1) is 5.52 Å². The standard InChI is InChI=1S/C11H15N3/c1-8-13-10-9(6-5-7-12-10)14(8)11(2,3)4/h5-7H,1-4H3. The lowest BCUT2D eigenvalue weighted by Gasteiger charge is -2.23. The molecule has 0 atom stereocenters. The van der Waals surface area contributed by atoms with Crippen molar-refractivity contribution in [3.05, 3.63) is 24.2 Å². The summed E-state index contributed by atoms with van der Waals surface area (Å²) in [6.07, 6.45) is 1.78. The summed E-state index contributed by atoms with van der Waals surface area (Å²) in [5, 5.41) is 0. The summed E-state index contributed by atoms with van der Waals surface area (Å²) in [4.78, 5) is 8.68. The minimum atomic E-state index is 0.0574. The Morgan fingerprint density at radius 2 is 2.00 bits per heavy atom. The van der Waals surface area contributed by atoms with Crippen LogP contribution in [-0.2, 0) is 5.54 Å². The van der Waals surface area contributed by atoms with Gasteiger partial charge in [0.15, 0.2) is 5.65 Å². The summed E-state index contributed by atoms with van der Waals surface area (Å²) in [6.45, 7) is 8.54. The smallest absolute Gasteiger partial charge is 0.177 e. The number of hydrogen-bond donors (Lipinski definition) is 0. The lowest BCUT2D eigenvalue weighted by Crippen LogP contribution is -2.22. The Morgan fingerprint density at radius 3 is 2.64 bits per heavy atom. The van der Waals surface area contributed by atoms with E-state index in [1.54, 1.807) is 6.20 Å². The first-order chi connectivity index (χ1) is 6.50. The molecule has 2 aromatic heterocycles. The van der Waals surface area contributed by atoms with Gasteiger partial charge in [0.25, 0.3) is 0 Å². The van der Waals surface area contributed by atoms with Gasteiger partial charge < -0.3 is 4.57 Å². The lowest BCUT2D eigenvalue weighted by atomic mass is 10.1. The highest BCUT2D eigenvalue weighted by Gasteiger charge is 2.19. The Bertz CT molecular complexity index is 463. The third-order valence-corrected chi connectivity index (χ3v) is 2.27. The predicted octanol–water partition coefficient (Wildman–Crippen LogP) is 2.49. The van der Waals surface area contributed by atoms with Gasteiger partial charge >= 0.3 is 0 Å². The van der Waals surface area contributed by atoms with E-state index in [2.05, 4.69) is 41.4 Å². The van der Waals surface area contributed by atoms with Gasteiger partial charge in [0.1, 0.15) is 5.82 Å². The van der Waals surface area contributed by atoms with E-state index in [1.165, 1.54) is 0 Å². The Labute approximate surface area is 83.8 Å². The van der Waals surface area contributed by atoms with Crippen LogP contribution >= 0.6 is 0 Å². The molecule has 0 aliphatic carbocycles. The van der Waals surface area contributed by atoms with E-state index in [4.69, 9.17) is 0 Å². The third kappa shape index (κ3) is 1.29. The molecule has 2 aromatic rings. The van der Waals surface area contributed by atoms with E-state index in [9.17, 15) is 0 Å². The molecule has 3 heteroatoms. The highest BCUT2D eigenvalue weighted by atomic mass is 15.1. The Balaban J connectivity index is 2.81. The molecule has 0 aliphatic rings. The predicted molar refractivity (Wildman–Crippen MR) is 57.3 cm³/mol. The van der Waals surface area contributed by atoms with Crippen LogP contribution in [0.15, 0.2) is 18.3 Å². The van der Waals surface area contributed by atoms with Crippen LogP contribution in [0.25, 0.3) is 11.2 Å². The van der Waals surface area contributed by atoms with Crippen molar-refractivity contribution in [2.75, 3.05) is 0 Å². The average Bonchev–Trinajstić information content (AvgIpc) is 2.38. The number of hydrogen-bond acceptors (Lipinski definition) is 2. The summed E-state index contributed by atoms with van der Waals surface area (Å²) >= 11 is 0. The van der Waals surface area contributed by atoms with Gasteiger partial charge in [-0.2, -0.15) is 0 Å². The first-order valence-corrected chi connectivity index (χ1v) is 4.81. The van der Waals surface area contributed by atoms with Gasteiger partial charge in [-0.25, -0.2) is 9.97 Å². The molecule has 0 aromatic carbocycles. The van der Waals surface area contributed by atoms with E-state index in [-0.39, 0.29) is 5.54 Å². The Hall–Kier alpha value is -1.38. The summed E-state index contributed by atoms with van der Waals surface area (Å²) < 4.78 is 2.22. The molecular formula is C11H15N3.